The summed E-state index contributed by atoms with van der Waals surface area (Å²) in [6.07, 6.45) is -1.30. The van der Waals surface area contributed by atoms with Gasteiger partial charge in [0.2, 0.25) is 0 Å². The fourth-order valence-electron chi connectivity index (χ4n) is 0.772. The van der Waals surface area contributed by atoms with Gasteiger partial charge in [-0.15, -0.1) is 0 Å². The standard InChI is InChI=1S/C8H8N2O3/c11-7(9-10-8(12)13)6-4-2-1-3-5-6/h1-5,10H,(H,9,11)(H,12,13). The maximum Gasteiger partial charge on any atom is 0.423 e. The van der Waals surface area contributed by atoms with Gasteiger partial charge < -0.3 is 5.11 Å². The van der Waals surface area contributed by atoms with Crippen LogP contribution in [0.5, 0.6) is 0 Å². The van der Waals surface area contributed by atoms with Crippen molar-refractivity contribution in [1.29, 1.82) is 0 Å². The van der Waals surface area contributed by atoms with E-state index in [0.29, 0.717) is 5.56 Å². The maximum atomic E-state index is 11.1. The van der Waals surface area contributed by atoms with Crippen LogP contribution in [0, 0.1) is 0 Å². The zero-order chi connectivity index (χ0) is 9.68. The van der Waals surface area contributed by atoms with Crippen LogP contribution < -0.4 is 10.9 Å². The highest BCUT2D eigenvalue weighted by molar-refractivity contribution is 5.94. The molecule has 2 amide bonds. The third-order valence-corrected chi connectivity index (χ3v) is 1.32. The molecule has 0 bridgehead atoms. The number of carbonyl (C=O) groups excluding carboxylic acids is 1. The summed E-state index contributed by atoms with van der Waals surface area (Å²) in [4.78, 5) is 21.1. The van der Waals surface area contributed by atoms with Gasteiger partial charge in [0, 0.05) is 5.56 Å². The van der Waals surface area contributed by atoms with Crippen LogP contribution in [0.1, 0.15) is 10.4 Å². The van der Waals surface area contributed by atoms with Gasteiger partial charge in [0.1, 0.15) is 0 Å². The second kappa shape index (κ2) is 4.10. The number of rotatable bonds is 1. The minimum atomic E-state index is -1.30. The monoisotopic (exact) mass is 180 g/mol. The Morgan fingerprint density at radius 2 is 1.69 bits per heavy atom. The molecule has 1 aromatic rings. The third kappa shape index (κ3) is 2.82. The highest BCUT2D eigenvalue weighted by Gasteiger charge is 2.03. The Balaban J connectivity index is 2.54. The van der Waals surface area contributed by atoms with Crippen molar-refractivity contribution in [2.24, 2.45) is 0 Å². The number of nitrogens with one attached hydrogen (secondary N) is 2. The molecule has 0 spiro atoms. The summed E-state index contributed by atoms with van der Waals surface area (Å²) >= 11 is 0. The second-order valence-electron chi connectivity index (χ2n) is 2.25. The number of carboxylic acid groups (broad SMARTS) is 1. The first-order chi connectivity index (χ1) is 6.20. The normalized spacial score (nSPS) is 8.92. The highest BCUT2D eigenvalue weighted by Crippen LogP contribution is 1.96. The van der Waals surface area contributed by atoms with Crippen LogP contribution in [0.3, 0.4) is 0 Å². The van der Waals surface area contributed by atoms with E-state index in [4.69, 9.17) is 5.11 Å². The lowest BCUT2D eigenvalue weighted by Crippen LogP contribution is -2.40. The van der Waals surface area contributed by atoms with Crippen LogP contribution in [0.25, 0.3) is 0 Å². The lowest BCUT2D eigenvalue weighted by atomic mass is 10.2. The molecule has 5 nitrogen and oxygen atoms in total. The predicted octanol–water partition coefficient (Wildman–Crippen LogP) is 0.599. The van der Waals surface area contributed by atoms with Gasteiger partial charge in [-0.1, -0.05) is 18.2 Å². The zero-order valence-corrected chi connectivity index (χ0v) is 6.65. The molecule has 68 valence electrons. The van der Waals surface area contributed by atoms with Crippen molar-refractivity contribution in [3.8, 4) is 0 Å². The Hall–Kier alpha value is -2.04. The first kappa shape index (κ1) is 9.05. The zero-order valence-electron chi connectivity index (χ0n) is 6.65. The Kier molecular flexibility index (Phi) is 2.86. The Labute approximate surface area is 74.3 Å². The fraction of sp³-hybridized carbons (Fsp3) is 0. The molecule has 0 saturated carbocycles. The van der Waals surface area contributed by atoms with Crippen molar-refractivity contribution in [3.63, 3.8) is 0 Å². The van der Waals surface area contributed by atoms with E-state index in [0.717, 1.165) is 0 Å². The Bertz CT molecular complexity index is 310. The average molecular weight is 180 g/mol. The van der Waals surface area contributed by atoms with E-state index in [2.05, 4.69) is 0 Å². The summed E-state index contributed by atoms with van der Waals surface area (Å²) in [5.41, 5.74) is 4.17. The quantitative estimate of drug-likeness (QED) is 0.554. The number of hydrogen-bond donors (Lipinski definition) is 3. The average Bonchev–Trinajstić information content (AvgIpc) is 2.15. The molecule has 0 fully saturated rings. The number of amides is 2. The van der Waals surface area contributed by atoms with Crippen LogP contribution in [0.4, 0.5) is 4.79 Å². The van der Waals surface area contributed by atoms with Crippen molar-refractivity contribution >= 4 is 12.0 Å². The molecule has 0 aliphatic rings. The van der Waals surface area contributed by atoms with E-state index in [-0.39, 0.29) is 0 Å². The van der Waals surface area contributed by atoms with Crippen LogP contribution in [-0.2, 0) is 0 Å². The molecule has 0 atom stereocenters. The summed E-state index contributed by atoms with van der Waals surface area (Å²) < 4.78 is 0. The largest absolute Gasteiger partial charge is 0.464 e. The molecule has 3 N–H and O–H groups in total. The summed E-state index contributed by atoms with van der Waals surface area (Å²) in [5.74, 6) is -0.483. The van der Waals surface area contributed by atoms with Crippen LogP contribution in [-0.4, -0.2) is 17.1 Å². The molecule has 0 aliphatic carbocycles. The van der Waals surface area contributed by atoms with E-state index >= 15 is 0 Å². The SMILES string of the molecule is O=C(O)NNC(=O)c1ccccc1. The topological polar surface area (TPSA) is 78.4 Å². The number of hydrogen-bond acceptors (Lipinski definition) is 2. The van der Waals surface area contributed by atoms with Crippen molar-refractivity contribution in [3.05, 3.63) is 35.9 Å². The van der Waals surface area contributed by atoms with Gasteiger partial charge >= 0.3 is 6.09 Å². The molecule has 0 radical (unpaired) electrons. The lowest BCUT2D eigenvalue weighted by Gasteiger charge is -2.02. The molecule has 0 saturated heterocycles. The van der Waals surface area contributed by atoms with Crippen LogP contribution in [0.2, 0.25) is 0 Å². The number of carbonyl (C=O) groups is 2. The molecule has 5 heteroatoms. The first-order valence-electron chi connectivity index (χ1n) is 3.54. The molecule has 0 aliphatic heterocycles. The summed E-state index contributed by atoms with van der Waals surface area (Å²) in [7, 11) is 0. The summed E-state index contributed by atoms with van der Waals surface area (Å²) in [5, 5.41) is 8.18. The molecule has 1 rings (SSSR count). The van der Waals surface area contributed by atoms with E-state index in [1.165, 1.54) is 0 Å². The number of hydrazine groups is 1. The Morgan fingerprint density at radius 3 is 2.23 bits per heavy atom. The summed E-state index contributed by atoms with van der Waals surface area (Å²) in [6, 6.07) is 8.31. The molecule has 1 aromatic carbocycles. The van der Waals surface area contributed by atoms with E-state index < -0.39 is 12.0 Å². The van der Waals surface area contributed by atoms with Crippen LogP contribution in [0.15, 0.2) is 30.3 Å². The van der Waals surface area contributed by atoms with Crippen molar-refractivity contribution in [1.82, 2.24) is 10.9 Å². The minimum absolute atomic E-state index is 0.399. The Morgan fingerprint density at radius 1 is 1.08 bits per heavy atom. The maximum absolute atomic E-state index is 11.1. The fourth-order valence-corrected chi connectivity index (χ4v) is 0.772. The first-order valence-corrected chi connectivity index (χ1v) is 3.54. The molecular weight excluding hydrogens is 172 g/mol. The van der Waals surface area contributed by atoms with Crippen molar-refractivity contribution in [2.45, 2.75) is 0 Å². The van der Waals surface area contributed by atoms with Gasteiger partial charge in [0.15, 0.2) is 0 Å². The molecule has 0 unspecified atom stereocenters. The lowest BCUT2D eigenvalue weighted by molar-refractivity contribution is 0.0926. The number of benzene rings is 1. The third-order valence-electron chi connectivity index (χ3n) is 1.32. The smallest absolute Gasteiger partial charge is 0.423 e. The summed E-state index contributed by atoms with van der Waals surface area (Å²) in [6.45, 7) is 0. The minimum Gasteiger partial charge on any atom is -0.464 e. The van der Waals surface area contributed by atoms with Gasteiger partial charge in [0.25, 0.3) is 5.91 Å². The highest BCUT2D eigenvalue weighted by atomic mass is 16.4. The van der Waals surface area contributed by atoms with Gasteiger partial charge in [-0.2, -0.15) is 0 Å². The van der Waals surface area contributed by atoms with Gasteiger partial charge in [-0.05, 0) is 12.1 Å². The van der Waals surface area contributed by atoms with Gasteiger partial charge in [-0.3, -0.25) is 10.2 Å². The molecule has 13 heavy (non-hydrogen) atoms. The predicted molar refractivity (Wildman–Crippen MR) is 45.1 cm³/mol. The van der Waals surface area contributed by atoms with E-state index in [1.807, 2.05) is 5.43 Å². The van der Waals surface area contributed by atoms with Gasteiger partial charge in [0.05, 0.1) is 0 Å². The molecule has 0 aromatic heterocycles. The van der Waals surface area contributed by atoms with Gasteiger partial charge in [-0.25, -0.2) is 10.2 Å². The van der Waals surface area contributed by atoms with E-state index in [9.17, 15) is 9.59 Å². The van der Waals surface area contributed by atoms with E-state index in [1.54, 1.807) is 35.8 Å². The van der Waals surface area contributed by atoms with Crippen molar-refractivity contribution in [2.75, 3.05) is 0 Å². The molecular formula is C8H8N2O3. The van der Waals surface area contributed by atoms with Crippen molar-refractivity contribution < 1.29 is 14.7 Å². The molecule has 0 heterocycles. The second-order valence-corrected chi connectivity index (χ2v) is 2.25. The van der Waals surface area contributed by atoms with Crippen LogP contribution >= 0.6 is 0 Å².